The molecule has 0 aliphatic carbocycles. The van der Waals surface area contributed by atoms with E-state index in [4.69, 9.17) is 4.74 Å². The largest absolute Gasteiger partial charge is 0.431 e. The average molecular weight is 298 g/mol. The van der Waals surface area contributed by atoms with E-state index in [1.165, 1.54) is 12.1 Å². The Balaban J connectivity index is 1.82. The van der Waals surface area contributed by atoms with Crippen molar-refractivity contribution in [3.63, 3.8) is 0 Å². The van der Waals surface area contributed by atoms with Crippen LogP contribution in [0.2, 0.25) is 0 Å². The lowest BCUT2D eigenvalue weighted by Gasteiger charge is -2.09. The molecule has 21 heavy (non-hydrogen) atoms. The first-order valence-corrected chi connectivity index (χ1v) is 6.52. The Labute approximate surface area is 118 Å². The fourth-order valence-electron chi connectivity index (χ4n) is 2.35. The molecule has 112 valence electrons. The van der Waals surface area contributed by atoms with Crippen molar-refractivity contribution in [3.8, 4) is 0 Å². The summed E-state index contributed by atoms with van der Waals surface area (Å²) in [7, 11) is 0. The number of anilines is 1. The second kappa shape index (κ2) is 5.07. The highest BCUT2D eigenvalue weighted by atomic mass is 19.4. The molecule has 1 saturated heterocycles. The first-order valence-electron chi connectivity index (χ1n) is 6.52. The second-order valence-electron chi connectivity index (χ2n) is 5.03. The van der Waals surface area contributed by atoms with Gasteiger partial charge in [-0.25, -0.2) is 0 Å². The van der Waals surface area contributed by atoms with Gasteiger partial charge < -0.3 is 15.0 Å². The molecule has 2 aromatic rings. The van der Waals surface area contributed by atoms with Crippen molar-refractivity contribution in [2.24, 2.45) is 5.92 Å². The Morgan fingerprint density at radius 3 is 2.81 bits per heavy atom. The number of benzene rings is 1. The van der Waals surface area contributed by atoms with E-state index in [1.54, 1.807) is 6.07 Å². The highest BCUT2D eigenvalue weighted by molar-refractivity contribution is 5.95. The lowest BCUT2D eigenvalue weighted by atomic mass is 10.1. The lowest BCUT2D eigenvalue weighted by molar-refractivity contribution is -0.140. The Morgan fingerprint density at radius 2 is 2.14 bits per heavy atom. The number of rotatable bonds is 2. The number of H-pyrrole nitrogens is 1. The first kappa shape index (κ1) is 13.9. The fraction of sp³-hybridized carbons (Fsp3) is 0.357. The van der Waals surface area contributed by atoms with E-state index in [-0.39, 0.29) is 11.8 Å². The normalized spacial score (nSPS) is 19.1. The van der Waals surface area contributed by atoms with Gasteiger partial charge >= 0.3 is 6.18 Å². The van der Waals surface area contributed by atoms with Gasteiger partial charge in [-0.15, -0.1) is 0 Å². The van der Waals surface area contributed by atoms with E-state index in [2.05, 4.69) is 10.3 Å². The van der Waals surface area contributed by atoms with Gasteiger partial charge in [0.15, 0.2) is 0 Å². The molecule has 1 amide bonds. The van der Waals surface area contributed by atoms with Gasteiger partial charge in [-0.3, -0.25) is 4.79 Å². The van der Waals surface area contributed by atoms with Crippen LogP contribution in [0.1, 0.15) is 12.1 Å². The van der Waals surface area contributed by atoms with Crippen molar-refractivity contribution in [2.45, 2.75) is 12.6 Å². The standard InChI is InChI=1S/C14H13F3N2O2/c15-14(16,17)12-6-9-5-10(1-2-11(9)19-12)18-13(20)8-3-4-21-7-8/h1-2,5-6,8,19H,3-4,7H2,(H,18,20). The van der Waals surface area contributed by atoms with Crippen molar-refractivity contribution in [2.75, 3.05) is 18.5 Å². The molecular formula is C14H13F3N2O2. The van der Waals surface area contributed by atoms with E-state index in [0.29, 0.717) is 36.2 Å². The number of aromatic nitrogens is 1. The topological polar surface area (TPSA) is 54.1 Å². The fourth-order valence-corrected chi connectivity index (χ4v) is 2.35. The van der Waals surface area contributed by atoms with E-state index >= 15 is 0 Å². The van der Waals surface area contributed by atoms with Crippen molar-refractivity contribution in [1.82, 2.24) is 4.98 Å². The van der Waals surface area contributed by atoms with Crippen molar-refractivity contribution < 1.29 is 22.7 Å². The minimum atomic E-state index is -4.41. The Morgan fingerprint density at radius 1 is 1.33 bits per heavy atom. The minimum Gasteiger partial charge on any atom is -0.381 e. The van der Waals surface area contributed by atoms with Crippen LogP contribution in [0.25, 0.3) is 10.9 Å². The number of carbonyl (C=O) groups excluding carboxylic acids is 1. The van der Waals surface area contributed by atoms with Gasteiger partial charge in [0.25, 0.3) is 0 Å². The summed E-state index contributed by atoms with van der Waals surface area (Å²) >= 11 is 0. The molecule has 1 atom stereocenters. The van der Waals surface area contributed by atoms with Gasteiger partial charge in [0.1, 0.15) is 5.69 Å². The summed E-state index contributed by atoms with van der Waals surface area (Å²) in [5, 5.41) is 3.12. The summed E-state index contributed by atoms with van der Waals surface area (Å²) in [5.74, 6) is -0.365. The van der Waals surface area contributed by atoms with Gasteiger partial charge in [0, 0.05) is 23.2 Å². The van der Waals surface area contributed by atoms with E-state index in [0.717, 1.165) is 6.07 Å². The number of hydrogen-bond donors (Lipinski definition) is 2. The lowest BCUT2D eigenvalue weighted by Crippen LogP contribution is -2.22. The number of nitrogens with one attached hydrogen (secondary N) is 2. The maximum absolute atomic E-state index is 12.6. The average Bonchev–Trinajstić information content (AvgIpc) is 3.06. The van der Waals surface area contributed by atoms with Crippen LogP contribution in [0.4, 0.5) is 18.9 Å². The number of halogens is 3. The third-order valence-electron chi connectivity index (χ3n) is 3.49. The highest BCUT2D eigenvalue weighted by Crippen LogP contribution is 2.32. The van der Waals surface area contributed by atoms with Gasteiger partial charge in [-0.05, 0) is 30.7 Å². The van der Waals surface area contributed by atoms with E-state index in [1.807, 2.05) is 0 Å². The molecule has 1 aliphatic heterocycles. The zero-order valence-corrected chi connectivity index (χ0v) is 11.0. The summed E-state index contributed by atoms with van der Waals surface area (Å²) in [6.07, 6.45) is -3.75. The van der Waals surface area contributed by atoms with Crippen LogP contribution in [0, 0.1) is 5.92 Å². The maximum Gasteiger partial charge on any atom is 0.431 e. The predicted octanol–water partition coefficient (Wildman–Crippen LogP) is 3.16. The van der Waals surface area contributed by atoms with Crippen LogP contribution in [0.15, 0.2) is 24.3 Å². The second-order valence-corrected chi connectivity index (χ2v) is 5.03. The van der Waals surface area contributed by atoms with Crippen molar-refractivity contribution in [1.29, 1.82) is 0 Å². The van der Waals surface area contributed by atoms with Crippen LogP contribution >= 0.6 is 0 Å². The quantitative estimate of drug-likeness (QED) is 0.895. The molecule has 0 bridgehead atoms. The van der Waals surface area contributed by atoms with E-state index in [9.17, 15) is 18.0 Å². The molecule has 1 unspecified atom stereocenters. The molecular weight excluding hydrogens is 285 g/mol. The van der Waals surface area contributed by atoms with Crippen LogP contribution in [-0.4, -0.2) is 24.1 Å². The number of alkyl halides is 3. The molecule has 2 N–H and O–H groups in total. The number of carbonyl (C=O) groups is 1. The monoisotopic (exact) mass is 298 g/mol. The molecule has 1 aliphatic rings. The Kier molecular flexibility index (Phi) is 3.36. The zero-order chi connectivity index (χ0) is 15.0. The van der Waals surface area contributed by atoms with Gasteiger partial charge in [-0.2, -0.15) is 13.2 Å². The molecule has 0 radical (unpaired) electrons. The van der Waals surface area contributed by atoms with Crippen LogP contribution in [0.3, 0.4) is 0 Å². The van der Waals surface area contributed by atoms with Crippen molar-refractivity contribution >= 4 is 22.5 Å². The summed E-state index contributed by atoms with van der Waals surface area (Å²) in [6, 6.07) is 5.65. The first-order chi connectivity index (χ1) is 9.93. The SMILES string of the molecule is O=C(Nc1ccc2[nH]c(C(F)(F)F)cc2c1)C1CCOC1. The zero-order valence-electron chi connectivity index (χ0n) is 11.0. The van der Waals surface area contributed by atoms with Crippen LogP contribution in [-0.2, 0) is 15.7 Å². The minimum absolute atomic E-state index is 0.168. The van der Waals surface area contributed by atoms with Gasteiger partial charge in [-0.1, -0.05) is 0 Å². The Bertz CT molecular complexity index is 672. The van der Waals surface area contributed by atoms with Crippen molar-refractivity contribution in [3.05, 3.63) is 30.0 Å². The number of hydrogen-bond acceptors (Lipinski definition) is 2. The Hall–Kier alpha value is -2.02. The molecule has 1 fully saturated rings. The van der Waals surface area contributed by atoms with E-state index < -0.39 is 11.9 Å². The van der Waals surface area contributed by atoms with Gasteiger partial charge in [0.2, 0.25) is 5.91 Å². The maximum atomic E-state index is 12.6. The molecule has 3 rings (SSSR count). The summed E-state index contributed by atoms with van der Waals surface area (Å²) in [5.41, 5.74) is 0.0572. The summed E-state index contributed by atoms with van der Waals surface area (Å²) in [6.45, 7) is 0.945. The number of fused-ring (bicyclic) bond motifs is 1. The molecule has 1 aromatic carbocycles. The number of amides is 1. The smallest absolute Gasteiger partial charge is 0.381 e. The molecule has 2 heterocycles. The molecule has 1 aromatic heterocycles. The summed E-state index contributed by atoms with van der Waals surface area (Å²) in [4.78, 5) is 14.2. The molecule has 4 nitrogen and oxygen atoms in total. The molecule has 0 saturated carbocycles. The van der Waals surface area contributed by atoms with Gasteiger partial charge in [0.05, 0.1) is 12.5 Å². The third-order valence-corrected chi connectivity index (χ3v) is 3.49. The van der Waals surface area contributed by atoms with Crippen LogP contribution < -0.4 is 5.32 Å². The molecule has 7 heteroatoms. The number of aromatic amines is 1. The number of ether oxygens (including phenoxy) is 1. The third kappa shape index (κ3) is 2.87. The summed E-state index contributed by atoms with van der Waals surface area (Å²) < 4.78 is 43.0. The van der Waals surface area contributed by atoms with Crippen LogP contribution in [0.5, 0.6) is 0 Å². The highest BCUT2D eigenvalue weighted by Gasteiger charge is 2.32. The molecule has 0 spiro atoms. The predicted molar refractivity (Wildman–Crippen MR) is 70.9 cm³/mol.